The van der Waals surface area contributed by atoms with Gasteiger partial charge in [0.25, 0.3) is 11.8 Å². The Morgan fingerprint density at radius 1 is 1.23 bits per heavy atom. The molecule has 2 amide bonds. The van der Waals surface area contributed by atoms with Crippen LogP contribution in [-0.4, -0.2) is 33.2 Å². The van der Waals surface area contributed by atoms with Crippen molar-refractivity contribution in [3.63, 3.8) is 0 Å². The number of amides is 2. The molecule has 0 saturated heterocycles. The molecular weight excluding hydrogens is 334 g/mol. The third kappa shape index (κ3) is 3.39. The molecule has 130 valence electrons. The largest absolute Gasteiger partial charge is 0.482 e. The van der Waals surface area contributed by atoms with Crippen molar-refractivity contribution in [1.29, 1.82) is 0 Å². The number of hydrogen-bond donors (Lipinski definition) is 2. The number of aromatic nitrogens is 3. The van der Waals surface area contributed by atoms with Crippen LogP contribution in [0.25, 0.3) is 0 Å². The number of ether oxygens (including phenoxy) is 1. The second-order valence-corrected chi connectivity index (χ2v) is 5.79. The van der Waals surface area contributed by atoms with Crippen molar-refractivity contribution < 1.29 is 14.3 Å². The van der Waals surface area contributed by atoms with Gasteiger partial charge in [-0.2, -0.15) is 5.10 Å². The fraction of sp³-hybridized carbons (Fsp3) is 0.111. The molecule has 2 N–H and O–H groups in total. The monoisotopic (exact) mass is 349 g/mol. The van der Waals surface area contributed by atoms with Gasteiger partial charge in [0.1, 0.15) is 18.4 Å². The maximum absolute atomic E-state index is 12.4. The van der Waals surface area contributed by atoms with Gasteiger partial charge in [-0.1, -0.05) is 12.1 Å². The van der Waals surface area contributed by atoms with Crippen LogP contribution >= 0.6 is 0 Å². The fourth-order valence-corrected chi connectivity index (χ4v) is 2.62. The van der Waals surface area contributed by atoms with E-state index in [4.69, 9.17) is 4.74 Å². The molecule has 1 aliphatic rings. The van der Waals surface area contributed by atoms with E-state index in [9.17, 15) is 9.59 Å². The lowest BCUT2D eigenvalue weighted by Gasteiger charge is -2.18. The second kappa shape index (κ2) is 6.67. The highest BCUT2D eigenvalue weighted by molar-refractivity contribution is 6.06. The standard InChI is InChI=1S/C18H15N5O3/c24-17-9-26-16-6-3-13(7-15(16)22-17)18(25)21-14-4-1-12(2-5-14)8-23-11-19-10-20-23/h1-7,10-11H,8-9H2,(H,21,25)(H,22,24). The zero-order valence-corrected chi connectivity index (χ0v) is 13.7. The zero-order valence-electron chi connectivity index (χ0n) is 13.7. The van der Waals surface area contributed by atoms with E-state index >= 15 is 0 Å². The first-order chi connectivity index (χ1) is 12.7. The summed E-state index contributed by atoms with van der Waals surface area (Å²) in [6.07, 6.45) is 3.13. The molecule has 0 bridgehead atoms. The molecule has 2 aromatic carbocycles. The summed E-state index contributed by atoms with van der Waals surface area (Å²) in [7, 11) is 0. The quantitative estimate of drug-likeness (QED) is 0.750. The third-order valence-corrected chi connectivity index (χ3v) is 3.90. The number of nitrogens with zero attached hydrogens (tertiary/aromatic N) is 3. The Hall–Kier alpha value is -3.68. The molecule has 4 rings (SSSR count). The van der Waals surface area contributed by atoms with Crippen LogP contribution in [-0.2, 0) is 11.3 Å². The Bertz CT molecular complexity index is 951. The van der Waals surface area contributed by atoms with Gasteiger partial charge in [-0.05, 0) is 35.9 Å². The molecule has 26 heavy (non-hydrogen) atoms. The van der Waals surface area contributed by atoms with Gasteiger partial charge in [0.05, 0.1) is 12.2 Å². The van der Waals surface area contributed by atoms with Gasteiger partial charge in [-0.3, -0.25) is 9.59 Å². The number of benzene rings is 2. The Kier molecular flexibility index (Phi) is 4.06. The summed E-state index contributed by atoms with van der Waals surface area (Å²) in [5.41, 5.74) is 2.65. The molecule has 2 heterocycles. The number of rotatable bonds is 4. The van der Waals surface area contributed by atoms with Crippen LogP contribution in [0.3, 0.4) is 0 Å². The predicted molar refractivity (Wildman–Crippen MR) is 94.1 cm³/mol. The molecule has 0 radical (unpaired) electrons. The number of hydrogen-bond acceptors (Lipinski definition) is 5. The first-order valence-corrected chi connectivity index (χ1v) is 7.97. The predicted octanol–water partition coefficient (Wildman–Crippen LogP) is 1.91. The van der Waals surface area contributed by atoms with Gasteiger partial charge in [0, 0.05) is 11.3 Å². The van der Waals surface area contributed by atoms with Crippen molar-refractivity contribution >= 4 is 23.2 Å². The van der Waals surface area contributed by atoms with Crippen LogP contribution in [0.2, 0.25) is 0 Å². The molecular formula is C18H15N5O3. The SMILES string of the molecule is O=C1COc2ccc(C(=O)Nc3ccc(Cn4cncn4)cc3)cc2N1. The van der Waals surface area contributed by atoms with Crippen LogP contribution in [0.1, 0.15) is 15.9 Å². The van der Waals surface area contributed by atoms with Crippen molar-refractivity contribution in [3.8, 4) is 5.75 Å². The second-order valence-electron chi connectivity index (χ2n) is 5.79. The Morgan fingerprint density at radius 2 is 2.08 bits per heavy atom. The maximum atomic E-state index is 12.4. The van der Waals surface area contributed by atoms with E-state index in [1.54, 1.807) is 29.2 Å². The lowest BCUT2D eigenvalue weighted by molar-refractivity contribution is -0.118. The van der Waals surface area contributed by atoms with Crippen molar-refractivity contribution in [2.75, 3.05) is 17.2 Å². The minimum atomic E-state index is -0.267. The molecule has 0 unspecified atom stereocenters. The smallest absolute Gasteiger partial charge is 0.262 e. The van der Waals surface area contributed by atoms with Crippen molar-refractivity contribution in [1.82, 2.24) is 14.8 Å². The summed E-state index contributed by atoms with van der Waals surface area (Å²) < 4.78 is 7.01. The number of fused-ring (bicyclic) bond motifs is 1. The highest BCUT2D eigenvalue weighted by Gasteiger charge is 2.17. The Morgan fingerprint density at radius 3 is 2.85 bits per heavy atom. The van der Waals surface area contributed by atoms with Crippen molar-refractivity contribution in [2.45, 2.75) is 6.54 Å². The van der Waals surface area contributed by atoms with Crippen LogP contribution in [0.5, 0.6) is 5.75 Å². The lowest BCUT2D eigenvalue weighted by atomic mass is 10.1. The van der Waals surface area contributed by atoms with E-state index < -0.39 is 0 Å². The lowest BCUT2D eigenvalue weighted by Crippen LogP contribution is -2.25. The van der Waals surface area contributed by atoms with Crippen LogP contribution in [0, 0.1) is 0 Å². The van der Waals surface area contributed by atoms with Gasteiger partial charge in [0.15, 0.2) is 6.61 Å². The van der Waals surface area contributed by atoms with E-state index in [1.807, 2.05) is 24.3 Å². The Labute approximate surface area is 148 Å². The molecule has 0 atom stereocenters. The number of carbonyl (C=O) groups is 2. The molecule has 0 saturated carbocycles. The molecule has 1 aromatic heterocycles. The van der Waals surface area contributed by atoms with Crippen molar-refractivity contribution in [3.05, 3.63) is 66.2 Å². The summed E-state index contributed by atoms with van der Waals surface area (Å²) in [6, 6.07) is 12.4. The van der Waals surface area contributed by atoms with E-state index in [1.165, 1.54) is 6.33 Å². The average molecular weight is 349 g/mol. The Balaban J connectivity index is 1.44. The van der Waals surface area contributed by atoms with E-state index in [0.717, 1.165) is 5.56 Å². The molecule has 0 aliphatic carbocycles. The number of anilines is 2. The van der Waals surface area contributed by atoms with Crippen LogP contribution < -0.4 is 15.4 Å². The molecule has 0 spiro atoms. The fourth-order valence-electron chi connectivity index (χ4n) is 2.62. The van der Waals surface area contributed by atoms with Gasteiger partial charge in [0.2, 0.25) is 0 Å². The molecule has 8 nitrogen and oxygen atoms in total. The number of carbonyl (C=O) groups excluding carboxylic acids is 2. The number of nitrogens with one attached hydrogen (secondary N) is 2. The van der Waals surface area contributed by atoms with Crippen LogP contribution in [0.4, 0.5) is 11.4 Å². The summed E-state index contributed by atoms with van der Waals surface area (Å²) in [5.74, 6) is 0.0493. The summed E-state index contributed by atoms with van der Waals surface area (Å²) in [6.45, 7) is 0.595. The minimum Gasteiger partial charge on any atom is -0.482 e. The molecule has 0 fully saturated rings. The van der Waals surface area contributed by atoms with E-state index in [0.29, 0.717) is 29.2 Å². The van der Waals surface area contributed by atoms with E-state index in [-0.39, 0.29) is 18.4 Å². The van der Waals surface area contributed by atoms with Gasteiger partial charge in [-0.25, -0.2) is 9.67 Å². The molecule has 3 aromatic rings. The van der Waals surface area contributed by atoms with Gasteiger partial charge in [-0.15, -0.1) is 0 Å². The van der Waals surface area contributed by atoms with Gasteiger partial charge >= 0.3 is 0 Å². The van der Waals surface area contributed by atoms with Crippen molar-refractivity contribution in [2.24, 2.45) is 0 Å². The third-order valence-electron chi connectivity index (χ3n) is 3.90. The summed E-state index contributed by atoms with van der Waals surface area (Å²) in [4.78, 5) is 27.7. The topological polar surface area (TPSA) is 98.1 Å². The highest BCUT2D eigenvalue weighted by Crippen LogP contribution is 2.28. The minimum absolute atomic E-state index is 0.0144. The summed E-state index contributed by atoms with van der Waals surface area (Å²) in [5, 5.41) is 9.58. The summed E-state index contributed by atoms with van der Waals surface area (Å²) >= 11 is 0. The highest BCUT2D eigenvalue weighted by atomic mass is 16.5. The maximum Gasteiger partial charge on any atom is 0.262 e. The van der Waals surface area contributed by atoms with E-state index in [2.05, 4.69) is 20.7 Å². The zero-order chi connectivity index (χ0) is 17.9. The average Bonchev–Trinajstić information content (AvgIpc) is 3.15. The normalized spacial score (nSPS) is 12.7. The molecule has 1 aliphatic heterocycles. The van der Waals surface area contributed by atoms with Gasteiger partial charge < -0.3 is 15.4 Å². The first kappa shape index (κ1) is 15.8. The first-order valence-electron chi connectivity index (χ1n) is 7.97. The molecule has 8 heteroatoms. The van der Waals surface area contributed by atoms with Crippen LogP contribution in [0.15, 0.2) is 55.1 Å².